The molecule has 0 aromatic heterocycles. The van der Waals surface area contributed by atoms with E-state index in [0.717, 1.165) is 21.0 Å². The predicted molar refractivity (Wildman–Crippen MR) is 161 cm³/mol. The molecule has 9 heteroatoms. The van der Waals surface area contributed by atoms with Crippen molar-refractivity contribution < 1.29 is 18.0 Å². The minimum Gasteiger partial charge on any atom is -0.350 e. The number of hydrogen-bond donors (Lipinski definition) is 1. The molecule has 0 radical (unpaired) electrons. The number of halogens is 1. The molecule has 0 unspecified atom stereocenters. The first-order valence-corrected chi connectivity index (χ1v) is 14.9. The van der Waals surface area contributed by atoms with Gasteiger partial charge in [-0.05, 0) is 83.9 Å². The van der Waals surface area contributed by atoms with Crippen LogP contribution in [0.2, 0.25) is 5.02 Å². The summed E-state index contributed by atoms with van der Waals surface area (Å²) >= 11 is 6.28. The molecule has 3 aromatic rings. The molecule has 0 bridgehead atoms. The number of nitrogens with zero attached hydrogens (tertiary/aromatic N) is 2. The summed E-state index contributed by atoms with van der Waals surface area (Å²) in [5.41, 5.74) is 3.21. The molecule has 0 aliphatic heterocycles. The number of aryl methyl sites for hydroxylation is 3. The third kappa shape index (κ3) is 7.86. The van der Waals surface area contributed by atoms with Gasteiger partial charge in [0.2, 0.25) is 11.8 Å². The molecule has 0 fully saturated rings. The van der Waals surface area contributed by atoms with Crippen LogP contribution in [0.5, 0.6) is 0 Å². The lowest BCUT2D eigenvalue weighted by Crippen LogP contribution is -2.54. The maximum absolute atomic E-state index is 14.0. The number of benzene rings is 3. The van der Waals surface area contributed by atoms with Gasteiger partial charge in [-0.1, -0.05) is 65.2 Å². The van der Waals surface area contributed by atoms with E-state index < -0.39 is 34.1 Å². The first kappa shape index (κ1) is 31.2. The molecule has 0 aliphatic rings. The number of amides is 2. The van der Waals surface area contributed by atoms with E-state index in [-0.39, 0.29) is 17.3 Å². The largest absolute Gasteiger partial charge is 0.350 e. The van der Waals surface area contributed by atoms with Crippen LogP contribution in [-0.2, 0) is 26.2 Å². The van der Waals surface area contributed by atoms with Crippen LogP contribution < -0.4 is 9.62 Å². The highest BCUT2D eigenvalue weighted by Gasteiger charge is 2.34. The minimum atomic E-state index is -4.17. The first-order chi connectivity index (χ1) is 18.6. The van der Waals surface area contributed by atoms with Crippen molar-refractivity contribution in [1.29, 1.82) is 0 Å². The highest BCUT2D eigenvalue weighted by Crippen LogP contribution is 2.30. The molecular formula is C31H38ClN3O4S. The van der Waals surface area contributed by atoms with Crippen molar-refractivity contribution in [1.82, 2.24) is 10.2 Å². The van der Waals surface area contributed by atoms with Crippen molar-refractivity contribution in [2.45, 2.75) is 71.5 Å². The van der Waals surface area contributed by atoms with Crippen molar-refractivity contribution in [2.75, 3.05) is 10.8 Å². The topological polar surface area (TPSA) is 86.8 Å². The highest BCUT2D eigenvalue weighted by atomic mass is 35.5. The van der Waals surface area contributed by atoms with Crippen molar-refractivity contribution >= 4 is 39.1 Å². The normalized spacial score (nSPS) is 12.5. The SMILES string of the molecule is Cc1ccc(CN(C(=O)CN(c2cc(Cl)ccc2C)S(=O)(=O)c2ccc(C)cc2)[C@H](C)C(=O)NC(C)(C)C)cc1. The standard InChI is InChI=1S/C31H38ClN3O4S/c1-21-8-13-25(14-9-21)19-34(24(4)30(37)33-31(5,6)7)29(36)20-35(28-18-26(32)15-12-23(28)3)40(38,39)27-16-10-22(2)11-17-27/h8-18,24H,19-20H2,1-7H3,(H,33,37)/t24-/m1/s1. The van der Waals surface area contributed by atoms with E-state index >= 15 is 0 Å². The van der Waals surface area contributed by atoms with Crippen LogP contribution in [0.15, 0.2) is 71.6 Å². The van der Waals surface area contributed by atoms with Gasteiger partial charge in [-0.2, -0.15) is 0 Å². The molecule has 1 atom stereocenters. The van der Waals surface area contributed by atoms with Gasteiger partial charge in [-0.3, -0.25) is 13.9 Å². The zero-order valence-electron chi connectivity index (χ0n) is 24.2. The lowest BCUT2D eigenvalue weighted by molar-refractivity contribution is -0.140. The first-order valence-electron chi connectivity index (χ1n) is 13.1. The Bertz CT molecular complexity index is 1460. The van der Waals surface area contributed by atoms with Crippen LogP contribution in [0.4, 0.5) is 5.69 Å². The van der Waals surface area contributed by atoms with Gasteiger partial charge in [0.15, 0.2) is 0 Å². The van der Waals surface area contributed by atoms with E-state index in [1.807, 2.05) is 58.9 Å². The van der Waals surface area contributed by atoms with E-state index in [0.29, 0.717) is 16.3 Å². The average molecular weight is 584 g/mol. The second-order valence-electron chi connectivity index (χ2n) is 11.2. The molecule has 2 amide bonds. The summed E-state index contributed by atoms with van der Waals surface area (Å²) in [7, 11) is -4.17. The van der Waals surface area contributed by atoms with E-state index in [9.17, 15) is 18.0 Å². The molecule has 1 N–H and O–H groups in total. The van der Waals surface area contributed by atoms with E-state index in [2.05, 4.69) is 5.32 Å². The monoisotopic (exact) mass is 583 g/mol. The van der Waals surface area contributed by atoms with Crippen LogP contribution in [0.1, 0.15) is 49.9 Å². The summed E-state index contributed by atoms with van der Waals surface area (Å²) in [5.74, 6) is -0.855. The number of anilines is 1. The molecule has 7 nitrogen and oxygen atoms in total. The molecule has 40 heavy (non-hydrogen) atoms. The van der Waals surface area contributed by atoms with Crippen LogP contribution >= 0.6 is 11.6 Å². The summed E-state index contributed by atoms with van der Waals surface area (Å²) in [6, 6.07) is 18.2. The van der Waals surface area contributed by atoms with E-state index in [1.165, 1.54) is 23.1 Å². The van der Waals surface area contributed by atoms with Gasteiger partial charge >= 0.3 is 0 Å². The number of carbonyl (C=O) groups excluding carboxylic acids is 2. The third-order valence-corrected chi connectivity index (χ3v) is 8.48. The van der Waals surface area contributed by atoms with Crippen LogP contribution in [0.3, 0.4) is 0 Å². The van der Waals surface area contributed by atoms with Crippen LogP contribution in [-0.4, -0.2) is 43.3 Å². The predicted octanol–water partition coefficient (Wildman–Crippen LogP) is 5.79. The maximum atomic E-state index is 14.0. The second kappa shape index (κ2) is 12.4. The Morgan fingerprint density at radius 2 is 1.45 bits per heavy atom. The molecule has 0 spiro atoms. The average Bonchev–Trinajstić information content (AvgIpc) is 2.87. The van der Waals surface area contributed by atoms with E-state index in [1.54, 1.807) is 38.1 Å². The maximum Gasteiger partial charge on any atom is 0.264 e. The van der Waals surface area contributed by atoms with Crippen molar-refractivity contribution in [3.05, 3.63) is 94.0 Å². The smallest absolute Gasteiger partial charge is 0.264 e. The molecular weight excluding hydrogens is 546 g/mol. The number of carbonyl (C=O) groups is 2. The van der Waals surface area contributed by atoms with E-state index in [4.69, 9.17) is 11.6 Å². The van der Waals surface area contributed by atoms with Crippen molar-refractivity contribution in [3.8, 4) is 0 Å². The van der Waals surface area contributed by atoms with Crippen molar-refractivity contribution in [3.63, 3.8) is 0 Å². The Morgan fingerprint density at radius 3 is 2.00 bits per heavy atom. The van der Waals surface area contributed by atoms with Gasteiger partial charge < -0.3 is 10.2 Å². The number of sulfonamides is 1. The molecule has 0 saturated heterocycles. The Labute approximate surface area is 243 Å². The summed E-state index contributed by atoms with van der Waals surface area (Å²) in [4.78, 5) is 28.7. The summed E-state index contributed by atoms with van der Waals surface area (Å²) in [6.45, 7) is 12.4. The zero-order chi connectivity index (χ0) is 29.8. The van der Waals surface area contributed by atoms with Crippen LogP contribution in [0.25, 0.3) is 0 Å². The number of rotatable bonds is 9. The lowest BCUT2D eigenvalue weighted by atomic mass is 10.1. The molecule has 214 valence electrons. The molecule has 3 rings (SSSR count). The zero-order valence-corrected chi connectivity index (χ0v) is 25.7. The summed E-state index contributed by atoms with van der Waals surface area (Å²) in [6.07, 6.45) is 0. The third-order valence-electron chi connectivity index (χ3n) is 6.47. The summed E-state index contributed by atoms with van der Waals surface area (Å²) in [5, 5.41) is 3.27. The summed E-state index contributed by atoms with van der Waals surface area (Å²) < 4.78 is 29.1. The quantitative estimate of drug-likeness (QED) is 0.345. The fourth-order valence-electron chi connectivity index (χ4n) is 4.15. The van der Waals surface area contributed by atoms with Gasteiger partial charge in [0.25, 0.3) is 10.0 Å². The molecule has 0 saturated carbocycles. The van der Waals surface area contributed by atoms with Gasteiger partial charge in [-0.25, -0.2) is 8.42 Å². The molecule has 3 aromatic carbocycles. The number of nitrogens with one attached hydrogen (secondary N) is 1. The van der Waals surface area contributed by atoms with Gasteiger partial charge in [-0.15, -0.1) is 0 Å². The molecule has 0 aliphatic carbocycles. The second-order valence-corrected chi connectivity index (χ2v) is 13.5. The highest BCUT2D eigenvalue weighted by molar-refractivity contribution is 7.92. The lowest BCUT2D eigenvalue weighted by Gasteiger charge is -2.34. The Balaban J connectivity index is 2.08. The van der Waals surface area contributed by atoms with Gasteiger partial charge in [0.1, 0.15) is 12.6 Å². The van der Waals surface area contributed by atoms with Crippen molar-refractivity contribution in [2.24, 2.45) is 0 Å². The Hall–Kier alpha value is -3.36. The Kier molecular flexibility index (Phi) is 9.69. The fraction of sp³-hybridized carbons (Fsp3) is 0.355. The molecule has 0 heterocycles. The van der Waals surface area contributed by atoms with Gasteiger partial charge in [0.05, 0.1) is 10.6 Å². The van der Waals surface area contributed by atoms with Crippen LogP contribution in [0, 0.1) is 20.8 Å². The Morgan fingerprint density at radius 1 is 0.900 bits per heavy atom. The van der Waals surface area contributed by atoms with Gasteiger partial charge in [0, 0.05) is 17.1 Å². The fourth-order valence-corrected chi connectivity index (χ4v) is 5.79. The minimum absolute atomic E-state index is 0.0499. The number of hydrogen-bond acceptors (Lipinski definition) is 4.